The van der Waals surface area contributed by atoms with Crippen molar-refractivity contribution >= 4 is 33.0 Å². The SMILES string of the molecule is CCCCNC(=O)CS(=O)(=O)CC(N)=S. The number of sulfone groups is 1. The van der Waals surface area contributed by atoms with Crippen LogP contribution in [-0.2, 0) is 14.6 Å². The Balaban J connectivity index is 4.00. The van der Waals surface area contributed by atoms with Gasteiger partial charge < -0.3 is 11.1 Å². The second kappa shape index (κ2) is 6.73. The van der Waals surface area contributed by atoms with Crippen LogP contribution in [0, 0.1) is 0 Å². The van der Waals surface area contributed by atoms with Gasteiger partial charge >= 0.3 is 0 Å². The number of hydrogen-bond acceptors (Lipinski definition) is 4. The summed E-state index contributed by atoms with van der Waals surface area (Å²) in [5.41, 5.74) is 5.10. The second-order valence-electron chi connectivity index (χ2n) is 3.20. The molecule has 15 heavy (non-hydrogen) atoms. The Bertz CT molecular complexity index is 325. The number of thiocarbonyl (C=S) groups is 1. The van der Waals surface area contributed by atoms with E-state index in [1.165, 1.54) is 0 Å². The van der Waals surface area contributed by atoms with Crippen molar-refractivity contribution in [3.63, 3.8) is 0 Å². The van der Waals surface area contributed by atoms with Crippen molar-refractivity contribution in [2.45, 2.75) is 19.8 Å². The summed E-state index contributed by atoms with van der Waals surface area (Å²) in [6.45, 7) is 2.48. The van der Waals surface area contributed by atoms with E-state index in [0.29, 0.717) is 6.54 Å². The van der Waals surface area contributed by atoms with Gasteiger partial charge in [-0.25, -0.2) is 8.42 Å². The fourth-order valence-electron chi connectivity index (χ4n) is 0.923. The summed E-state index contributed by atoms with van der Waals surface area (Å²) in [7, 11) is -3.50. The maximum atomic E-state index is 11.3. The van der Waals surface area contributed by atoms with Gasteiger partial charge in [0.2, 0.25) is 5.91 Å². The van der Waals surface area contributed by atoms with Crippen molar-refractivity contribution in [3.05, 3.63) is 0 Å². The van der Waals surface area contributed by atoms with Crippen LogP contribution in [0.25, 0.3) is 0 Å². The third kappa shape index (κ3) is 8.31. The third-order valence-corrected chi connectivity index (χ3v) is 3.35. The first-order chi connectivity index (χ1) is 6.87. The van der Waals surface area contributed by atoms with Gasteiger partial charge in [0, 0.05) is 6.54 Å². The van der Waals surface area contributed by atoms with Crippen molar-refractivity contribution in [2.75, 3.05) is 18.1 Å². The lowest BCUT2D eigenvalue weighted by Gasteiger charge is -2.04. The van der Waals surface area contributed by atoms with E-state index in [1.807, 2.05) is 6.92 Å². The first-order valence-corrected chi connectivity index (χ1v) is 6.85. The number of rotatable bonds is 7. The Labute approximate surface area is 95.3 Å². The molecular formula is C8H16N2O3S2. The van der Waals surface area contributed by atoms with E-state index in [0.717, 1.165) is 12.8 Å². The molecule has 0 rings (SSSR count). The molecule has 0 saturated heterocycles. The quantitative estimate of drug-likeness (QED) is 0.475. The minimum atomic E-state index is -3.50. The fourth-order valence-corrected chi connectivity index (χ4v) is 2.50. The van der Waals surface area contributed by atoms with Crippen LogP contribution in [-0.4, -0.2) is 37.4 Å². The number of hydrogen-bond donors (Lipinski definition) is 2. The van der Waals surface area contributed by atoms with Gasteiger partial charge in [0.1, 0.15) is 11.5 Å². The van der Waals surface area contributed by atoms with E-state index in [9.17, 15) is 13.2 Å². The molecule has 7 heteroatoms. The number of carbonyl (C=O) groups excluding carboxylic acids is 1. The zero-order valence-electron chi connectivity index (χ0n) is 8.65. The van der Waals surface area contributed by atoms with E-state index >= 15 is 0 Å². The molecule has 0 fully saturated rings. The monoisotopic (exact) mass is 252 g/mol. The summed E-state index contributed by atoms with van der Waals surface area (Å²) in [5.74, 6) is -1.46. The smallest absolute Gasteiger partial charge is 0.235 e. The van der Waals surface area contributed by atoms with Crippen LogP contribution in [0.15, 0.2) is 0 Å². The largest absolute Gasteiger partial charge is 0.392 e. The zero-order valence-corrected chi connectivity index (χ0v) is 10.3. The molecule has 0 aromatic carbocycles. The molecule has 0 heterocycles. The van der Waals surface area contributed by atoms with E-state index in [4.69, 9.17) is 5.73 Å². The highest BCUT2D eigenvalue weighted by molar-refractivity contribution is 7.94. The maximum absolute atomic E-state index is 11.3. The molecule has 0 aromatic rings. The number of carbonyl (C=O) groups is 1. The molecule has 0 unspecified atom stereocenters. The molecule has 0 aromatic heterocycles. The van der Waals surface area contributed by atoms with Gasteiger partial charge in [-0.15, -0.1) is 0 Å². The molecule has 0 aliphatic carbocycles. The third-order valence-electron chi connectivity index (χ3n) is 1.57. The molecule has 0 aliphatic rings. The summed E-state index contributed by atoms with van der Waals surface area (Å²) in [6.07, 6.45) is 1.78. The Morgan fingerprint density at radius 3 is 2.47 bits per heavy atom. The topological polar surface area (TPSA) is 89.3 Å². The zero-order chi connectivity index (χ0) is 11.9. The first-order valence-electron chi connectivity index (χ1n) is 4.63. The summed E-state index contributed by atoms with van der Waals surface area (Å²) < 4.78 is 22.5. The van der Waals surface area contributed by atoms with Crippen LogP contribution in [0.1, 0.15) is 19.8 Å². The predicted octanol–water partition coefficient (Wildman–Crippen LogP) is -0.396. The molecule has 1 amide bonds. The summed E-state index contributed by atoms with van der Waals surface area (Å²) in [6, 6.07) is 0. The molecule has 0 atom stereocenters. The van der Waals surface area contributed by atoms with Crippen LogP contribution in [0.3, 0.4) is 0 Å². The molecule has 0 spiro atoms. The standard InChI is InChI=1S/C8H16N2O3S2/c1-2-3-4-10-8(11)6-15(12,13)5-7(9)14/h2-6H2,1H3,(H2,9,14)(H,10,11). The molecule has 0 saturated carbocycles. The highest BCUT2D eigenvalue weighted by Crippen LogP contribution is 1.91. The minimum Gasteiger partial charge on any atom is -0.392 e. The van der Waals surface area contributed by atoms with Crippen LogP contribution >= 0.6 is 12.2 Å². The van der Waals surface area contributed by atoms with Crippen LogP contribution in [0.5, 0.6) is 0 Å². The molecule has 5 nitrogen and oxygen atoms in total. The molecule has 0 bridgehead atoms. The van der Waals surface area contributed by atoms with Crippen molar-refractivity contribution in [1.82, 2.24) is 5.32 Å². The highest BCUT2D eigenvalue weighted by Gasteiger charge is 2.17. The van der Waals surface area contributed by atoms with Crippen LogP contribution in [0.4, 0.5) is 0 Å². The summed E-state index contributed by atoms with van der Waals surface area (Å²) >= 11 is 4.47. The lowest BCUT2D eigenvalue weighted by Crippen LogP contribution is -2.34. The highest BCUT2D eigenvalue weighted by atomic mass is 32.2. The number of nitrogens with two attached hydrogens (primary N) is 1. The lowest BCUT2D eigenvalue weighted by atomic mass is 10.3. The Morgan fingerprint density at radius 1 is 1.40 bits per heavy atom. The average Bonchev–Trinajstić information content (AvgIpc) is 2.00. The molecule has 3 N–H and O–H groups in total. The lowest BCUT2D eigenvalue weighted by molar-refractivity contribution is -0.118. The maximum Gasteiger partial charge on any atom is 0.235 e. The van der Waals surface area contributed by atoms with E-state index in [2.05, 4.69) is 17.5 Å². The van der Waals surface area contributed by atoms with Crippen LogP contribution in [0.2, 0.25) is 0 Å². The Kier molecular flexibility index (Phi) is 6.42. The van der Waals surface area contributed by atoms with Gasteiger partial charge in [-0.05, 0) is 6.42 Å². The van der Waals surface area contributed by atoms with Gasteiger partial charge in [-0.1, -0.05) is 25.6 Å². The second-order valence-corrected chi connectivity index (χ2v) is 5.79. The number of unbranched alkanes of at least 4 members (excludes halogenated alkanes) is 1. The van der Waals surface area contributed by atoms with Crippen molar-refractivity contribution in [2.24, 2.45) is 5.73 Å². The molecule has 88 valence electrons. The minimum absolute atomic E-state index is 0.114. The van der Waals surface area contributed by atoms with E-state index < -0.39 is 27.3 Å². The average molecular weight is 252 g/mol. The van der Waals surface area contributed by atoms with Gasteiger partial charge in [-0.3, -0.25) is 4.79 Å². The van der Waals surface area contributed by atoms with Gasteiger partial charge in [-0.2, -0.15) is 0 Å². The van der Waals surface area contributed by atoms with Crippen molar-refractivity contribution in [1.29, 1.82) is 0 Å². The normalized spacial score (nSPS) is 11.0. The fraction of sp³-hybridized carbons (Fsp3) is 0.750. The summed E-state index contributed by atoms with van der Waals surface area (Å²) in [5, 5.41) is 2.51. The Morgan fingerprint density at radius 2 is 2.00 bits per heavy atom. The number of amides is 1. The van der Waals surface area contributed by atoms with Crippen molar-refractivity contribution < 1.29 is 13.2 Å². The Hall–Kier alpha value is -0.690. The van der Waals surface area contributed by atoms with E-state index in [-0.39, 0.29) is 4.99 Å². The van der Waals surface area contributed by atoms with Gasteiger partial charge in [0.15, 0.2) is 9.84 Å². The molecule has 0 radical (unpaired) electrons. The van der Waals surface area contributed by atoms with Gasteiger partial charge in [0.25, 0.3) is 0 Å². The molecule has 0 aliphatic heterocycles. The predicted molar refractivity (Wildman–Crippen MR) is 63.4 cm³/mol. The molecular weight excluding hydrogens is 236 g/mol. The van der Waals surface area contributed by atoms with Crippen LogP contribution < -0.4 is 11.1 Å². The first kappa shape index (κ1) is 14.3. The number of nitrogens with one attached hydrogen (secondary N) is 1. The van der Waals surface area contributed by atoms with Crippen molar-refractivity contribution in [3.8, 4) is 0 Å². The summed E-state index contributed by atoms with van der Waals surface area (Å²) in [4.78, 5) is 11.0. The van der Waals surface area contributed by atoms with E-state index in [1.54, 1.807) is 0 Å². The van der Waals surface area contributed by atoms with Gasteiger partial charge in [0.05, 0.1) is 4.99 Å².